The molecule has 1 aliphatic carbocycles. The molecule has 1 amide bonds. The molecule has 3 nitrogen and oxygen atoms in total. The summed E-state index contributed by atoms with van der Waals surface area (Å²) in [5.41, 5.74) is 1.31. The summed E-state index contributed by atoms with van der Waals surface area (Å²) in [5.74, 6) is 0.00677. The molecule has 1 heterocycles. The van der Waals surface area contributed by atoms with Crippen molar-refractivity contribution < 1.29 is 4.79 Å². The molecule has 0 unspecified atom stereocenters. The van der Waals surface area contributed by atoms with Crippen molar-refractivity contribution in [3.05, 3.63) is 28.8 Å². The van der Waals surface area contributed by atoms with Gasteiger partial charge in [0.25, 0.3) is 5.91 Å². The zero-order valence-corrected chi connectivity index (χ0v) is 9.60. The van der Waals surface area contributed by atoms with Crippen LogP contribution in [0.2, 0.25) is 5.02 Å². The van der Waals surface area contributed by atoms with Crippen molar-refractivity contribution >= 4 is 23.2 Å². The number of amides is 1. The summed E-state index contributed by atoms with van der Waals surface area (Å²) in [5, 5.41) is 7.16. The number of benzene rings is 1. The quantitative estimate of drug-likeness (QED) is 0.727. The number of halogens is 1. The SMILES string of the molecule is O=C1NC2(CCCC2)Nc2cc(Cl)ccc21. The van der Waals surface area contributed by atoms with Crippen LogP contribution in [0.25, 0.3) is 0 Å². The zero-order valence-electron chi connectivity index (χ0n) is 8.85. The van der Waals surface area contributed by atoms with E-state index >= 15 is 0 Å². The number of hydrogen-bond acceptors (Lipinski definition) is 2. The first-order valence-corrected chi connectivity index (χ1v) is 5.97. The Hall–Kier alpha value is -1.22. The number of rotatable bonds is 0. The molecule has 1 aromatic carbocycles. The van der Waals surface area contributed by atoms with Crippen LogP contribution in [0.4, 0.5) is 5.69 Å². The molecule has 1 aromatic rings. The lowest BCUT2D eigenvalue weighted by atomic mass is 10.0. The monoisotopic (exact) mass is 236 g/mol. The zero-order chi connectivity index (χ0) is 11.2. The van der Waals surface area contributed by atoms with E-state index in [0.29, 0.717) is 10.6 Å². The smallest absolute Gasteiger partial charge is 0.255 e. The van der Waals surface area contributed by atoms with Crippen molar-refractivity contribution in [2.24, 2.45) is 0 Å². The van der Waals surface area contributed by atoms with Crippen molar-refractivity contribution in [2.75, 3.05) is 5.32 Å². The van der Waals surface area contributed by atoms with Crippen LogP contribution in [0.1, 0.15) is 36.0 Å². The lowest BCUT2D eigenvalue weighted by Gasteiger charge is -2.37. The topological polar surface area (TPSA) is 41.1 Å². The molecule has 0 aromatic heterocycles. The number of carbonyl (C=O) groups excluding carboxylic acids is 1. The van der Waals surface area contributed by atoms with Crippen LogP contribution in [0, 0.1) is 0 Å². The molecule has 1 aliphatic heterocycles. The molecule has 0 atom stereocenters. The molecular formula is C12H13ClN2O. The predicted octanol–water partition coefficient (Wildman–Crippen LogP) is 2.77. The van der Waals surface area contributed by atoms with E-state index in [1.54, 1.807) is 12.1 Å². The Labute approximate surface area is 99.2 Å². The summed E-state index contributed by atoms with van der Waals surface area (Å²) < 4.78 is 0. The molecule has 0 saturated heterocycles. The molecule has 0 bridgehead atoms. The first-order chi connectivity index (χ1) is 7.69. The Balaban J connectivity index is 2.03. The Morgan fingerprint density at radius 1 is 1.19 bits per heavy atom. The maximum Gasteiger partial charge on any atom is 0.255 e. The fraction of sp³-hybridized carbons (Fsp3) is 0.417. The van der Waals surface area contributed by atoms with E-state index in [4.69, 9.17) is 11.6 Å². The van der Waals surface area contributed by atoms with Gasteiger partial charge >= 0.3 is 0 Å². The molecule has 84 valence electrons. The lowest BCUT2D eigenvalue weighted by molar-refractivity contribution is 0.0902. The van der Waals surface area contributed by atoms with Gasteiger partial charge in [0.1, 0.15) is 5.66 Å². The highest BCUT2D eigenvalue weighted by atomic mass is 35.5. The van der Waals surface area contributed by atoms with Gasteiger partial charge < -0.3 is 10.6 Å². The normalized spacial score (nSPS) is 21.4. The van der Waals surface area contributed by atoms with E-state index in [1.807, 2.05) is 6.07 Å². The number of carbonyl (C=O) groups is 1. The van der Waals surface area contributed by atoms with Crippen LogP contribution >= 0.6 is 11.6 Å². The molecule has 1 fully saturated rings. The molecular weight excluding hydrogens is 224 g/mol. The second kappa shape index (κ2) is 3.39. The van der Waals surface area contributed by atoms with Gasteiger partial charge in [-0.3, -0.25) is 4.79 Å². The average Bonchev–Trinajstić information content (AvgIpc) is 2.65. The minimum atomic E-state index is -0.227. The summed E-state index contributed by atoms with van der Waals surface area (Å²) in [6.07, 6.45) is 4.29. The van der Waals surface area contributed by atoms with Crippen molar-refractivity contribution in [1.29, 1.82) is 0 Å². The average molecular weight is 237 g/mol. The minimum absolute atomic E-state index is 0.00677. The fourth-order valence-corrected chi connectivity index (χ4v) is 2.79. The Bertz CT molecular complexity index is 452. The van der Waals surface area contributed by atoms with Crippen molar-refractivity contribution in [3.8, 4) is 0 Å². The third-order valence-electron chi connectivity index (χ3n) is 3.41. The van der Waals surface area contributed by atoms with E-state index < -0.39 is 0 Å². The number of nitrogens with one attached hydrogen (secondary N) is 2. The van der Waals surface area contributed by atoms with Gasteiger partial charge in [-0.25, -0.2) is 0 Å². The summed E-state index contributed by atoms with van der Waals surface area (Å²) in [6.45, 7) is 0. The van der Waals surface area contributed by atoms with E-state index in [0.717, 1.165) is 31.4 Å². The highest BCUT2D eigenvalue weighted by Gasteiger charge is 2.39. The number of hydrogen-bond donors (Lipinski definition) is 2. The molecule has 2 aliphatic rings. The van der Waals surface area contributed by atoms with Gasteiger partial charge in [0.05, 0.1) is 11.3 Å². The molecule has 1 saturated carbocycles. The van der Waals surface area contributed by atoms with Crippen LogP contribution in [0.3, 0.4) is 0 Å². The summed E-state index contributed by atoms with van der Waals surface area (Å²) in [6, 6.07) is 5.34. The molecule has 0 radical (unpaired) electrons. The Kier molecular flexibility index (Phi) is 2.11. The Morgan fingerprint density at radius 2 is 1.94 bits per heavy atom. The summed E-state index contributed by atoms with van der Waals surface area (Å²) >= 11 is 5.95. The summed E-state index contributed by atoms with van der Waals surface area (Å²) in [7, 11) is 0. The van der Waals surface area contributed by atoms with E-state index in [1.165, 1.54) is 0 Å². The first-order valence-electron chi connectivity index (χ1n) is 5.59. The van der Waals surface area contributed by atoms with Crippen LogP contribution in [0.5, 0.6) is 0 Å². The van der Waals surface area contributed by atoms with Gasteiger partial charge in [-0.05, 0) is 43.9 Å². The second-order valence-electron chi connectivity index (χ2n) is 4.56. The number of fused-ring (bicyclic) bond motifs is 1. The van der Waals surface area contributed by atoms with Gasteiger partial charge in [-0.15, -0.1) is 0 Å². The first kappa shape index (κ1) is 9.97. The van der Waals surface area contributed by atoms with Gasteiger partial charge in [-0.2, -0.15) is 0 Å². The van der Waals surface area contributed by atoms with Crippen molar-refractivity contribution in [2.45, 2.75) is 31.3 Å². The van der Waals surface area contributed by atoms with Gasteiger partial charge in [0, 0.05) is 5.02 Å². The maximum absolute atomic E-state index is 12.0. The van der Waals surface area contributed by atoms with Gasteiger partial charge in [0.15, 0.2) is 0 Å². The third-order valence-corrected chi connectivity index (χ3v) is 3.65. The van der Waals surface area contributed by atoms with Crippen LogP contribution in [-0.2, 0) is 0 Å². The largest absolute Gasteiger partial charge is 0.362 e. The maximum atomic E-state index is 12.0. The molecule has 3 rings (SSSR count). The van der Waals surface area contributed by atoms with Crippen molar-refractivity contribution in [3.63, 3.8) is 0 Å². The van der Waals surface area contributed by atoms with E-state index in [2.05, 4.69) is 10.6 Å². The predicted molar refractivity (Wildman–Crippen MR) is 63.7 cm³/mol. The standard InChI is InChI=1S/C12H13ClN2O/c13-8-3-4-9-10(7-8)14-12(15-11(9)16)5-1-2-6-12/h3-4,7,14H,1-2,5-6H2,(H,15,16). The Morgan fingerprint density at radius 3 is 2.69 bits per heavy atom. The minimum Gasteiger partial charge on any atom is -0.362 e. The molecule has 4 heteroatoms. The van der Waals surface area contributed by atoms with Gasteiger partial charge in [0.2, 0.25) is 0 Å². The third kappa shape index (κ3) is 1.47. The molecule has 16 heavy (non-hydrogen) atoms. The second-order valence-corrected chi connectivity index (χ2v) is 4.99. The highest BCUT2D eigenvalue weighted by molar-refractivity contribution is 6.31. The molecule has 2 N–H and O–H groups in total. The van der Waals surface area contributed by atoms with E-state index in [9.17, 15) is 4.79 Å². The van der Waals surface area contributed by atoms with Crippen molar-refractivity contribution in [1.82, 2.24) is 5.32 Å². The summed E-state index contributed by atoms with van der Waals surface area (Å²) in [4.78, 5) is 12.0. The van der Waals surface area contributed by atoms with Crippen LogP contribution in [0.15, 0.2) is 18.2 Å². The molecule has 1 spiro atoms. The highest BCUT2D eigenvalue weighted by Crippen LogP contribution is 2.36. The fourth-order valence-electron chi connectivity index (χ4n) is 2.62. The van der Waals surface area contributed by atoms with Crippen LogP contribution < -0.4 is 10.6 Å². The van der Waals surface area contributed by atoms with Gasteiger partial charge in [-0.1, -0.05) is 11.6 Å². The van der Waals surface area contributed by atoms with E-state index in [-0.39, 0.29) is 11.6 Å². The lowest BCUT2D eigenvalue weighted by Crippen LogP contribution is -2.55. The number of anilines is 1. The van der Waals surface area contributed by atoms with Crippen LogP contribution in [-0.4, -0.2) is 11.6 Å².